The summed E-state index contributed by atoms with van der Waals surface area (Å²) in [7, 11) is 3.38. The van der Waals surface area contributed by atoms with Crippen molar-refractivity contribution in [1.29, 1.82) is 0 Å². The number of amides is 1. The summed E-state index contributed by atoms with van der Waals surface area (Å²) in [4.78, 5) is 22.5. The highest BCUT2D eigenvalue weighted by Gasteiger charge is 2.40. The Balaban J connectivity index is 1.60. The number of amidine groups is 1. The Morgan fingerprint density at radius 1 is 0.972 bits per heavy atom. The highest BCUT2D eigenvalue weighted by molar-refractivity contribution is 8.20. The zero-order chi connectivity index (χ0) is 25.6. The van der Waals surface area contributed by atoms with E-state index in [9.17, 15) is 22.4 Å². The van der Waals surface area contributed by atoms with Crippen LogP contribution < -0.4 is 14.5 Å². The number of halogens is 4. The van der Waals surface area contributed by atoms with Gasteiger partial charge in [-0.25, -0.2) is 9.38 Å². The summed E-state index contributed by atoms with van der Waals surface area (Å²) in [5, 5.41) is 0.811. The summed E-state index contributed by atoms with van der Waals surface area (Å²) in [6.45, 7) is 0. The average Bonchev–Trinajstić information content (AvgIpc) is 3.35. The van der Waals surface area contributed by atoms with Crippen molar-refractivity contribution >= 4 is 51.7 Å². The number of nitrogens with zero attached hydrogens (tertiary/aromatic N) is 3. The molecule has 1 fully saturated rings. The van der Waals surface area contributed by atoms with Gasteiger partial charge in [-0.2, -0.15) is 13.2 Å². The lowest BCUT2D eigenvalue weighted by atomic mass is 10.2. The number of carbonyl (C=O) groups excluding carboxylic acids is 1. The topological polar surface area (TPSA) is 45.1 Å². The quantitative estimate of drug-likeness (QED) is 0.268. The molecular weight excluding hydrogens is 514 g/mol. The maximum Gasteiger partial charge on any atom is 0.416 e. The van der Waals surface area contributed by atoms with Crippen molar-refractivity contribution in [1.82, 2.24) is 0 Å². The van der Waals surface area contributed by atoms with Gasteiger partial charge >= 0.3 is 6.18 Å². The molecule has 0 saturated carbocycles. The lowest BCUT2D eigenvalue weighted by Gasteiger charge is -2.17. The molecule has 184 valence electrons. The molecule has 2 heterocycles. The van der Waals surface area contributed by atoms with Crippen LogP contribution in [0.1, 0.15) is 5.56 Å². The molecule has 36 heavy (non-hydrogen) atoms. The van der Waals surface area contributed by atoms with Gasteiger partial charge in [0.05, 0.1) is 34.8 Å². The lowest BCUT2D eigenvalue weighted by molar-refractivity contribution is -0.137. The van der Waals surface area contributed by atoms with Crippen molar-refractivity contribution in [3.63, 3.8) is 0 Å². The molecule has 0 unspecified atom stereocenters. The van der Waals surface area contributed by atoms with Crippen LogP contribution in [0.5, 0.6) is 5.75 Å². The summed E-state index contributed by atoms with van der Waals surface area (Å²) in [5.74, 6) is -0.229. The van der Waals surface area contributed by atoms with Crippen LogP contribution in [0.25, 0.3) is 0 Å². The van der Waals surface area contributed by atoms with Gasteiger partial charge in [0, 0.05) is 18.0 Å². The first-order valence-electron chi connectivity index (χ1n) is 10.5. The van der Waals surface area contributed by atoms with Gasteiger partial charge in [-0.3, -0.25) is 9.69 Å². The molecule has 1 saturated heterocycles. The van der Waals surface area contributed by atoms with Gasteiger partial charge in [0.25, 0.3) is 5.91 Å². The fourth-order valence-corrected chi connectivity index (χ4v) is 6.04. The maximum absolute atomic E-state index is 13.7. The largest absolute Gasteiger partial charge is 0.497 e. The van der Waals surface area contributed by atoms with Gasteiger partial charge in [0.1, 0.15) is 16.5 Å². The number of ether oxygens (including phenoxy) is 1. The zero-order valence-electron chi connectivity index (χ0n) is 18.8. The van der Waals surface area contributed by atoms with Gasteiger partial charge in [-0.05, 0) is 66.4 Å². The number of hydrogen-bond acceptors (Lipinski definition) is 6. The molecule has 1 amide bonds. The van der Waals surface area contributed by atoms with Crippen LogP contribution in [-0.4, -0.2) is 25.2 Å². The van der Waals surface area contributed by atoms with Crippen molar-refractivity contribution in [2.45, 2.75) is 11.1 Å². The van der Waals surface area contributed by atoms with Crippen molar-refractivity contribution in [3.05, 3.63) is 88.0 Å². The standard InChI is InChI=1S/C25H17F4N3O2S2/c1-31-19-13-18(34-2)10-11-20(19)35-23(31)21-22(33)32(17-8-6-15(26)7-9-17)24(36-21)30-16-5-3-4-14(12-16)25(27,28)29/h3-13H,1-2H3/b23-21-,30-24?. The Morgan fingerprint density at radius 2 is 1.72 bits per heavy atom. The second kappa shape index (κ2) is 9.21. The molecule has 3 aromatic carbocycles. The smallest absolute Gasteiger partial charge is 0.416 e. The Bertz CT molecular complexity index is 1420. The molecule has 0 radical (unpaired) electrons. The molecule has 0 aliphatic carbocycles. The summed E-state index contributed by atoms with van der Waals surface area (Å²) in [5.41, 5.74) is 0.395. The third-order valence-corrected chi connectivity index (χ3v) is 7.89. The van der Waals surface area contributed by atoms with Crippen molar-refractivity contribution < 1.29 is 27.1 Å². The maximum atomic E-state index is 13.7. The first kappa shape index (κ1) is 24.3. The van der Waals surface area contributed by atoms with Gasteiger partial charge in [-0.1, -0.05) is 17.8 Å². The summed E-state index contributed by atoms with van der Waals surface area (Å²) in [6.07, 6.45) is -4.53. The van der Waals surface area contributed by atoms with Crippen molar-refractivity contribution in [2.24, 2.45) is 4.99 Å². The van der Waals surface area contributed by atoms with E-state index in [4.69, 9.17) is 4.74 Å². The predicted molar refractivity (Wildman–Crippen MR) is 134 cm³/mol. The number of benzene rings is 3. The van der Waals surface area contributed by atoms with E-state index >= 15 is 0 Å². The summed E-state index contributed by atoms with van der Waals surface area (Å²) in [6, 6.07) is 15.4. The van der Waals surface area contributed by atoms with E-state index in [1.807, 2.05) is 30.1 Å². The number of aliphatic imine (C=N–C) groups is 1. The predicted octanol–water partition coefficient (Wildman–Crippen LogP) is 7.03. The highest BCUT2D eigenvalue weighted by Crippen LogP contribution is 2.51. The molecule has 5 rings (SSSR count). The van der Waals surface area contributed by atoms with Crippen LogP contribution in [0.3, 0.4) is 0 Å². The monoisotopic (exact) mass is 531 g/mol. The van der Waals surface area contributed by atoms with Crippen LogP contribution >= 0.6 is 23.5 Å². The van der Waals surface area contributed by atoms with E-state index in [0.29, 0.717) is 21.4 Å². The van der Waals surface area contributed by atoms with Gasteiger partial charge < -0.3 is 9.64 Å². The molecule has 0 spiro atoms. The molecule has 11 heteroatoms. The lowest BCUT2D eigenvalue weighted by Crippen LogP contribution is -2.29. The minimum Gasteiger partial charge on any atom is -0.497 e. The van der Waals surface area contributed by atoms with Gasteiger partial charge in [-0.15, -0.1) is 0 Å². The van der Waals surface area contributed by atoms with Crippen molar-refractivity contribution in [3.8, 4) is 5.75 Å². The Kier molecular flexibility index (Phi) is 6.21. The van der Waals surface area contributed by atoms with E-state index in [1.165, 1.54) is 53.1 Å². The second-order valence-electron chi connectivity index (χ2n) is 7.79. The molecule has 0 bridgehead atoms. The third-order valence-electron chi connectivity index (χ3n) is 5.50. The van der Waals surface area contributed by atoms with Crippen LogP contribution in [0.4, 0.5) is 34.6 Å². The van der Waals surface area contributed by atoms with Crippen LogP contribution in [-0.2, 0) is 11.0 Å². The first-order chi connectivity index (χ1) is 17.2. The fourth-order valence-electron chi connectivity index (χ4n) is 3.71. The molecule has 2 aliphatic heterocycles. The molecule has 5 nitrogen and oxygen atoms in total. The second-order valence-corrected chi connectivity index (χ2v) is 9.80. The number of carbonyl (C=O) groups is 1. The number of fused-ring (bicyclic) bond motifs is 1. The minimum atomic E-state index is -4.53. The normalized spacial score (nSPS) is 18.8. The minimum absolute atomic E-state index is 0.0407. The number of anilines is 2. The van der Waals surface area contributed by atoms with Crippen LogP contribution in [0.2, 0.25) is 0 Å². The molecule has 0 N–H and O–H groups in total. The number of thioether (sulfide) groups is 2. The zero-order valence-corrected chi connectivity index (χ0v) is 20.5. The SMILES string of the molecule is COc1ccc2c(c1)N(C)/C(=C1/SC(=Nc3cccc(C(F)(F)F)c3)N(c3ccc(F)cc3)C1=O)S2. The van der Waals surface area contributed by atoms with Crippen LogP contribution in [0, 0.1) is 5.82 Å². The van der Waals surface area contributed by atoms with E-state index in [2.05, 4.69) is 4.99 Å². The third kappa shape index (κ3) is 4.44. The first-order valence-corrected chi connectivity index (χ1v) is 12.2. The Hall–Kier alpha value is -3.44. The number of hydrogen-bond donors (Lipinski definition) is 0. The number of rotatable bonds is 3. The highest BCUT2D eigenvalue weighted by atomic mass is 32.2. The number of alkyl halides is 3. The van der Waals surface area contributed by atoms with E-state index < -0.39 is 23.5 Å². The van der Waals surface area contributed by atoms with E-state index in [1.54, 1.807) is 7.11 Å². The molecule has 0 atom stereocenters. The van der Waals surface area contributed by atoms with E-state index in [0.717, 1.165) is 34.5 Å². The summed E-state index contributed by atoms with van der Waals surface area (Å²) >= 11 is 2.45. The molecule has 0 aromatic heterocycles. The summed E-state index contributed by atoms with van der Waals surface area (Å²) < 4.78 is 58.6. The Labute approximate surface area is 212 Å². The van der Waals surface area contributed by atoms with Gasteiger partial charge in [0.15, 0.2) is 5.17 Å². The molecule has 3 aromatic rings. The van der Waals surface area contributed by atoms with E-state index in [-0.39, 0.29) is 10.9 Å². The van der Waals surface area contributed by atoms with Gasteiger partial charge in [0.2, 0.25) is 0 Å². The molecular formula is C25H17F4N3O2S2. The number of methoxy groups -OCH3 is 1. The van der Waals surface area contributed by atoms with Crippen molar-refractivity contribution in [2.75, 3.05) is 24.0 Å². The molecule has 2 aliphatic rings. The van der Waals surface area contributed by atoms with Crippen LogP contribution in [0.15, 0.2) is 86.6 Å². The average molecular weight is 532 g/mol. The fraction of sp³-hybridized carbons (Fsp3) is 0.120. The Morgan fingerprint density at radius 3 is 2.42 bits per heavy atom.